The molecule has 0 aliphatic rings. The highest BCUT2D eigenvalue weighted by Crippen LogP contribution is 1.90. The fourth-order valence-electron chi connectivity index (χ4n) is 0.327. The van der Waals surface area contributed by atoms with Crippen LogP contribution in [0.5, 0.6) is 0 Å². The second-order valence-electron chi connectivity index (χ2n) is 2.64. The first-order chi connectivity index (χ1) is 5.47. The minimum atomic E-state index is -3.69. The van der Waals surface area contributed by atoms with Gasteiger partial charge in [-0.2, -0.15) is 8.42 Å². The maximum Gasteiger partial charge on any atom is 0.264 e. The molecule has 0 radical (unpaired) electrons. The quantitative estimate of drug-likeness (QED) is 0.703. The van der Waals surface area contributed by atoms with Gasteiger partial charge in [0.25, 0.3) is 10.1 Å². The van der Waals surface area contributed by atoms with E-state index >= 15 is 0 Å². The summed E-state index contributed by atoms with van der Waals surface area (Å²) < 4.78 is 28.0. The van der Waals surface area contributed by atoms with Gasteiger partial charge in [-0.15, -0.1) is 0 Å². The van der Waals surface area contributed by atoms with Crippen LogP contribution in [0.2, 0.25) is 0 Å². The monoisotopic (exact) mass is 196 g/mol. The summed E-state index contributed by atoms with van der Waals surface area (Å²) in [4.78, 5) is 0. The molecule has 0 fully saturated rings. The first kappa shape index (κ1) is 14.4. The van der Waals surface area contributed by atoms with Gasteiger partial charge in [-0.05, 0) is 6.42 Å². The van der Waals surface area contributed by atoms with Crippen molar-refractivity contribution in [3.05, 3.63) is 0 Å². The Labute approximate surface area is 75.9 Å². The Bertz CT molecular complexity index is 159. The average molecular weight is 196 g/mol. The van der Waals surface area contributed by atoms with Crippen molar-refractivity contribution in [2.75, 3.05) is 5.75 Å². The van der Waals surface area contributed by atoms with E-state index in [1.807, 2.05) is 6.92 Å². The fraction of sp³-hybridized carbons (Fsp3) is 1.00. The Morgan fingerprint density at radius 1 is 1.00 bits per heavy atom. The van der Waals surface area contributed by atoms with E-state index in [1.54, 1.807) is 0 Å². The molecule has 76 valence electrons. The van der Waals surface area contributed by atoms with Crippen molar-refractivity contribution in [2.45, 2.75) is 46.5 Å². The van der Waals surface area contributed by atoms with E-state index in [4.69, 9.17) is 4.55 Å². The van der Waals surface area contributed by atoms with Crippen LogP contribution < -0.4 is 0 Å². The summed E-state index contributed by atoms with van der Waals surface area (Å²) in [6.45, 7) is 6.23. The average Bonchev–Trinajstić information content (AvgIpc) is 2.00. The van der Waals surface area contributed by atoms with Crippen LogP contribution in [0.3, 0.4) is 0 Å². The van der Waals surface area contributed by atoms with Crippen molar-refractivity contribution >= 4 is 10.1 Å². The Hall–Kier alpha value is -0.0900. The van der Waals surface area contributed by atoms with Crippen molar-refractivity contribution in [3.8, 4) is 0 Å². The van der Waals surface area contributed by atoms with Gasteiger partial charge < -0.3 is 0 Å². The van der Waals surface area contributed by atoms with E-state index < -0.39 is 10.1 Å². The third-order valence-corrected chi connectivity index (χ3v) is 2.06. The molecule has 0 aromatic carbocycles. The lowest BCUT2D eigenvalue weighted by atomic mass is 10.4. The largest absolute Gasteiger partial charge is 0.286 e. The Morgan fingerprint density at radius 2 is 1.42 bits per heavy atom. The van der Waals surface area contributed by atoms with Crippen LogP contribution in [0.1, 0.15) is 46.5 Å². The topological polar surface area (TPSA) is 54.4 Å². The predicted molar refractivity (Wildman–Crippen MR) is 51.9 cm³/mol. The molecule has 0 amide bonds. The molecule has 0 heterocycles. The SMILES string of the molecule is CCCC.CCCCS(=O)(=O)O. The summed E-state index contributed by atoms with van der Waals surface area (Å²) in [5.74, 6) is -0.108. The summed E-state index contributed by atoms with van der Waals surface area (Å²) in [5, 5.41) is 0. The highest BCUT2D eigenvalue weighted by molar-refractivity contribution is 7.85. The van der Waals surface area contributed by atoms with Crippen LogP contribution in [0, 0.1) is 0 Å². The lowest BCUT2D eigenvalue weighted by Crippen LogP contribution is -2.02. The van der Waals surface area contributed by atoms with Gasteiger partial charge in [0.05, 0.1) is 5.75 Å². The molecule has 4 heteroatoms. The molecule has 0 saturated carbocycles. The Kier molecular flexibility index (Phi) is 10.8. The van der Waals surface area contributed by atoms with Gasteiger partial charge in [0.15, 0.2) is 0 Å². The van der Waals surface area contributed by atoms with Crippen LogP contribution in [-0.2, 0) is 10.1 Å². The first-order valence-electron chi connectivity index (χ1n) is 4.43. The zero-order valence-corrected chi connectivity index (χ0v) is 9.02. The summed E-state index contributed by atoms with van der Waals surface area (Å²) in [6.07, 6.45) is 3.97. The van der Waals surface area contributed by atoms with Crippen molar-refractivity contribution in [1.82, 2.24) is 0 Å². The molecule has 0 saturated heterocycles. The molecule has 0 atom stereocenters. The maximum absolute atomic E-state index is 9.95. The van der Waals surface area contributed by atoms with Crippen molar-refractivity contribution in [3.63, 3.8) is 0 Å². The highest BCUT2D eigenvalue weighted by atomic mass is 32.2. The lowest BCUT2D eigenvalue weighted by molar-refractivity contribution is 0.480. The second-order valence-corrected chi connectivity index (χ2v) is 4.21. The molecule has 0 aliphatic heterocycles. The first-order valence-corrected chi connectivity index (χ1v) is 6.04. The molecule has 0 aromatic rings. The molecule has 12 heavy (non-hydrogen) atoms. The molecule has 0 bridgehead atoms. The molecule has 3 nitrogen and oxygen atoms in total. The number of rotatable bonds is 4. The molecule has 0 unspecified atom stereocenters. The molecule has 1 N–H and O–H groups in total. The van der Waals surface area contributed by atoms with E-state index in [0.717, 1.165) is 6.42 Å². The van der Waals surface area contributed by atoms with E-state index in [0.29, 0.717) is 6.42 Å². The van der Waals surface area contributed by atoms with Crippen molar-refractivity contribution < 1.29 is 13.0 Å². The fourth-order valence-corrected chi connectivity index (χ4v) is 0.980. The molecular formula is C8H20O3S. The number of hydrogen-bond acceptors (Lipinski definition) is 2. The van der Waals surface area contributed by atoms with Crippen LogP contribution in [-0.4, -0.2) is 18.7 Å². The van der Waals surface area contributed by atoms with Crippen LogP contribution in [0.25, 0.3) is 0 Å². The summed E-state index contributed by atoms with van der Waals surface area (Å²) in [7, 11) is -3.69. The normalized spacial score (nSPS) is 10.3. The number of unbranched alkanes of at least 4 members (excludes halogenated alkanes) is 2. The van der Waals surface area contributed by atoms with Gasteiger partial charge in [0, 0.05) is 0 Å². The molecule has 0 aliphatic carbocycles. The zero-order chi connectivity index (χ0) is 10.0. The smallest absolute Gasteiger partial charge is 0.264 e. The van der Waals surface area contributed by atoms with E-state index in [2.05, 4.69) is 13.8 Å². The lowest BCUT2D eigenvalue weighted by Gasteiger charge is -1.90. The Balaban J connectivity index is 0. The van der Waals surface area contributed by atoms with Crippen molar-refractivity contribution in [2.24, 2.45) is 0 Å². The van der Waals surface area contributed by atoms with Gasteiger partial charge in [-0.1, -0.05) is 40.0 Å². The van der Waals surface area contributed by atoms with Crippen LogP contribution in [0.4, 0.5) is 0 Å². The molecular weight excluding hydrogens is 176 g/mol. The van der Waals surface area contributed by atoms with Gasteiger partial charge in [0.2, 0.25) is 0 Å². The Morgan fingerprint density at radius 3 is 1.50 bits per heavy atom. The van der Waals surface area contributed by atoms with Crippen LogP contribution >= 0.6 is 0 Å². The van der Waals surface area contributed by atoms with Crippen LogP contribution in [0.15, 0.2) is 0 Å². The molecule has 0 rings (SSSR count). The third kappa shape index (κ3) is 22.5. The van der Waals surface area contributed by atoms with Crippen molar-refractivity contribution in [1.29, 1.82) is 0 Å². The van der Waals surface area contributed by atoms with Gasteiger partial charge in [-0.3, -0.25) is 4.55 Å². The third-order valence-electron chi connectivity index (χ3n) is 1.26. The van der Waals surface area contributed by atoms with E-state index in [9.17, 15) is 8.42 Å². The minimum absolute atomic E-state index is 0.108. The van der Waals surface area contributed by atoms with Gasteiger partial charge in [-0.25, -0.2) is 0 Å². The number of hydrogen-bond donors (Lipinski definition) is 1. The summed E-state index contributed by atoms with van der Waals surface area (Å²) in [5.41, 5.74) is 0. The maximum atomic E-state index is 9.95. The summed E-state index contributed by atoms with van der Waals surface area (Å²) in [6, 6.07) is 0. The van der Waals surface area contributed by atoms with Gasteiger partial charge in [0.1, 0.15) is 0 Å². The zero-order valence-electron chi connectivity index (χ0n) is 8.21. The van der Waals surface area contributed by atoms with Gasteiger partial charge >= 0.3 is 0 Å². The van der Waals surface area contributed by atoms with E-state index in [1.165, 1.54) is 12.8 Å². The molecule has 0 spiro atoms. The highest BCUT2D eigenvalue weighted by Gasteiger charge is 2.00. The molecule has 0 aromatic heterocycles. The van der Waals surface area contributed by atoms with E-state index in [-0.39, 0.29) is 5.75 Å². The predicted octanol–water partition coefficient (Wildman–Crippen LogP) is 2.48. The standard InChI is InChI=1S/C4H10O3S.C4H10/c1-2-3-4-8(5,6)7;1-3-4-2/h2-4H2,1H3,(H,5,6,7);3-4H2,1-2H3. The summed E-state index contributed by atoms with van der Waals surface area (Å²) >= 11 is 0. The minimum Gasteiger partial charge on any atom is -0.286 e. The second kappa shape index (κ2) is 9.00.